The molecule has 2 aromatic carbocycles. The third-order valence-corrected chi connectivity index (χ3v) is 7.22. The van der Waals surface area contributed by atoms with Crippen LogP contribution in [0.25, 0.3) is 6.08 Å². The summed E-state index contributed by atoms with van der Waals surface area (Å²) in [6.07, 6.45) is 2.38. The summed E-state index contributed by atoms with van der Waals surface area (Å²) in [4.78, 5) is 17.7. The number of thioether (sulfide) groups is 1. The predicted molar refractivity (Wildman–Crippen MR) is 142 cm³/mol. The molecule has 0 saturated heterocycles. The number of rotatable bonds is 8. The van der Waals surface area contributed by atoms with Crippen LogP contribution in [0.4, 0.5) is 0 Å². The third-order valence-electron chi connectivity index (χ3n) is 5.02. The largest absolute Gasteiger partial charge is 0.493 e. The Hall–Kier alpha value is -3.40. The SMILES string of the molecule is N=C1/C(=C/c2ccc(OCCCOc3ccc(Cl)cc3)cc2)C(=O)N=C2SC(c3cccs3)=NN12. The van der Waals surface area contributed by atoms with Gasteiger partial charge in [0.2, 0.25) is 5.17 Å². The number of nitrogens with one attached hydrogen (secondary N) is 1. The molecule has 1 amide bonds. The molecule has 0 atom stereocenters. The van der Waals surface area contributed by atoms with Gasteiger partial charge >= 0.3 is 0 Å². The molecule has 0 radical (unpaired) electrons. The molecule has 1 N–H and O–H groups in total. The van der Waals surface area contributed by atoms with Gasteiger partial charge in [-0.05, 0) is 71.2 Å². The Morgan fingerprint density at radius 1 is 1.00 bits per heavy atom. The molecule has 35 heavy (non-hydrogen) atoms. The van der Waals surface area contributed by atoms with Crippen LogP contribution in [0.5, 0.6) is 11.5 Å². The van der Waals surface area contributed by atoms with Crippen LogP contribution in [0.1, 0.15) is 16.9 Å². The van der Waals surface area contributed by atoms with E-state index in [9.17, 15) is 4.79 Å². The van der Waals surface area contributed by atoms with Crippen LogP contribution in [-0.2, 0) is 4.79 Å². The molecule has 3 heterocycles. The Balaban J connectivity index is 1.17. The predicted octanol–water partition coefficient (Wildman–Crippen LogP) is 5.92. The first kappa shape index (κ1) is 23.3. The lowest BCUT2D eigenvalue weighted by molar-refractivity contribution is -0.114. The molecule has 5 rings (SSSR count). The number of amides is 1. The van der Waals surface area contributed by atoms with Crippen molar-refractivity contribution in [3.8, 4) is 11.5 Å². The molecule has 3 aromatic rings. The highest BCUT2D eigenvalue weighted by Crippen LogP contribution is 2.32. The normalized spacial score (nSPS) is 16.3. The second kappa shape index (κ2) is 10.5. The summed E-state index contributed by atoms with van der Waals surface area (Å²) >= 11 is 8.72. The van der Waals surface area contributed by atoms with Crippen molar-refractivity contribution in [2.75, 3.05) is 13.2 Å². The summed E-state index contributed by atoms with van der Waals surface area (Å²) in [6.45, 7) is 1.04. The van der Waals surface area contributed by atoms with Gasteiger partial charge in [0.1, 0.15) is 16.5 Å². The number of carbonyl (C=O) groups excluding carboxylic acids is 1. The van der Waals surface area contributed by atoms with E-state index in [2.05, 4.69) is 10.1 Å². The number of thiophene rings is 1. The van der Waals surface area contributed by atoms with Gasteiger partial charge in [0, 0.05) is 11.4 Å². The average molecular weight is 523 g/mol. The molecular weight excluding hydrogens is 504 g/mol. The topological polar surface area (TPSA) is 87.3 Å². The molecule has 0 unspecified atom stereocenters. The standard InChI is InChI=1S/C25H19ClN4O3S2/c26-17-6-10-19(11-7-17)33-13-2-12-32-18-8-4-16(5-9-18)15-20-22(27)30-25(28-23(20)31)35-24(29-30)21-3-1-14-34-21/h1,3-11,14-15,27H,2,12-13H2/b20-15-,27-22?. The van der Waals surface area contributed by atoms with E-state index in [4.69, 9.17) is 26.5 Å². The summed E-state index contributed by atoms with van der Waals surface area (Å²) in [5.74, 6) is 1.05. The number of hydrogen-bond donors (Lipinski definition) is 1. The van der Waals surface area contributed by atoms with E-state index in [-0.39, 0.29) is 11.4 Å². The first-order chi connectivity index (χ1) is 17.1. The van der Waals surface area contributed by atoms with Gasteiger partial charge in [-0.1, -0.05) is 29.8 Å². The fourth-order valence-electron chi connectivity index (χ4n) is 3.29. The molecule has 2 aliphatic rings. The molecule has 1 aromatic heterocycles. The van der Waals surface area contributed by atoms with Crippen LogP contribution in [0.15, 0.2) is 81.7 Å². The van der Waals surface area contributed by atoms with Gasteiger partial charge in [0.25, 0.3) is 5.91 Å². The summed E-state index contributed by atoms with van der Waals surface area (Å²) in [7, 11) is 0. The summed E-state index contributed by atoms with van der Waals surface area (Å²) in [5, 5.41) is 18.2. The zero-order valence-electron chi connectivity index (χ0n) is 18.3. The van der Waals surface area contributed by atoms with Gasteiger partial charge in [0.15, 0.2) is 5.84 Å². The van der Waals surface area contributed by atoms with Gasteiger partial charge in [0.05, 0.1) is 23.7 Å². The first-order valence-electron chi connectivity index (χ1n) is 10.7. The molecule has 0 fully saturated rings. The number of amidine groups is 2. The number of hydrazone groups is 1. The monoisotopic (exact) mass is 522 g/mol. The molecule has 0 bridgehead atoms. The van der Waals surface area contributed by atoms with E-state index in [1.807, 2.05) is 53.9 Å². The van der Waals surface area contributed by atoms with Gasteiger partial charge < -0.3 is 9.47 Å². The minimum absolute atomic E-state index is 0.0140. The molecule has 10 heteroatoms. The van der Waals surface area contributed by atoms with Crippen molar-refractivity contribution >= 4 is 62.7 Å². The van der Waals surface area contributed by atoms with Crippen molar-refractivity contribution in [3.05, 3.63) is 87.1 Å². The summed E-state index contributed by atoms with van der Waals surface area (Å²) in [6, 6.07) is 18.5. The number of nitrogens with zero attached hydrogens (tertiary/aromatic N) is 3. The van der Waals surface area contributed by atoms with Crippen LogP contribution in [0, 0.1) is 5.41 Å². The van der Waals surface area contributed by atoms with Crippen LogP contribution in [-0.4, -0.2) is 40.2 Å². The average Bonchev–Trinajstić information content (AvgIpc) is 3.54. The molecule has 0 saturated carbocycles. The van der Waals surface area contributed by atoms with E-state index in [1.165, 1.54) is 16.8 Å². The second-order valence-electron chi connectivity index (χ2n) is 7.48. The Labute approximate surface area is 215 Å². The molecular formula is C25H19ClN4O3S2. The van der Waals surface area contributed by atoms with E-state index < -0.39 is 5.91 Å². The van der Waals surface area contributed by atoms with Gasteiger partial charge in [-0.15, -0.1) is 11.3 Å². The Morgan fingerprint density at radius 3 is 2.34 bits per heavy atom. The maximum absolute atomic E-state index is 12.6. The first-order valence-corrected chi connectivity index (χ1v) is 12.8. The van der Waals surface area contributed by atoms with Gasteiger partial charge in [-0.2, -0.15) is 15.1 Å². The lowest BCUT2D eigenvalue weighted by atomic mass is 10.1. The summed E-state index contributed by atoms with van der Waals surface area (Å²) in [5.41, 5.74) is 0.961. The van der Waals surface area contributed by atoms with Crippen molar-refractivity contribution in [1.29, 1.82) is 5.41 Å². The summed E-state index contributed by atoms with van der Waals surface area (Å²) < 4.78 is 11.4. The lowest BCUT2D eigenvalue weighted by Crippen LogP contribution is -2.35. The second-order valence-corrected chi connectivity index (χ2v) is 9.82. The smallest absolute Gasteiger partial charge is 0.283 e. The molecule has 176 valence electrons. The molecule has 7 nitrogen and oxygen atoms in total. The molecule has 0 spiro atoms. The van der Waals surface area contributed by atoms with Crippen LogP contribution in [0.3, 0.4) is 0 Å². The van der Waals surface area contributed by atoms with Gasteiger partial charge in [-0.3, -0.25) is 10.2 Å². The number of fused-ring (bicyclic) bond motifs is 1. The lowest BCUT2D eigenvalue weighted by Gasteiger charge is -2.20. The quantitative estimate of drug-likeness (QED) is 0.293. The van der Waals surface area contributed by atoms with Crippen LogP contribution in [0.2, 0.25) is 5.02 Å². The van der Waals surface area contributed by atoms with Crippen molar-refractivity contribution in [2.24, 2.45) is 10.1 Å². The zero-order chi connectivity index (χ0) is 24.2. The fraction of sp³-hybridized carbons (Fsp3) is 0.120. The van der Waals surface area contributed by atoms with Crippen molar-refractivity contribution in [3.63, 3.8) is 0 Å². The third kappa shape index (κ3) is 5.48. The minimum Gasteiger partial charge on any atom is -0.493 e. The fourth-order valence-corrected chi connectivity index (χ4v) is 5.10. The van der Waals surface area contributed by atoms with Crippen molar-refractivity contribution in [1.82, 2.24) is 5.01 Å². The maximum atomic E-state index is 12.6. The molecule has 0 aliphatic carbocycles. The van der Waals surface area contributed by atoms with Gasteiger partial charge in [-0.25, -0.2) is 0 Å². The van der Waals surface area contributed by atoms with E-state index >= 15 is 0 Å². The zero-order valence-corrected chi connectivity index (χ0v) is 20.7. The van der Waals surface area contributed by atoms with Crippen molar-refractivity contribution in [2.45, 2.75) is 6.42 Å². The number of halogens is 1. The number of carbonyl (C=O) groups is 1. The number of hydrogen-bond acceptors (Lipinski definition) is 7. The molecule has 2 aliphatic heterocycles. The van der Waals surface area contributed by atoms with Crippen LogP contribution >= 0.6 is 34.7 Å². The van der Waals surface area contributed by atoms with E-state index in [1.54, 1.807) is 29.5 Å². The highest BCUT2D eigenvalue weighted by atomic mass is 35.5. The number of aliphatic imine (C=N–C) groups is 1. The highest BCUT2D eigenvalue weighted by molar-refractivity contribution is 8.27. The number of benzene rings is 2. The minimum atomic E-state index is -0.447. The Morgan fingerprint density at radius 2 is 1.69 bits per heavy atom. The van der Waals surface area contributed by atoms with E-state index in [0.717, 1.165) is 27.7 Å². The number of ether oxygens (including phenoxy) is 2. The highest BCUT2D eigenvalue weighted by Gasteiger charge is 2.36. The van der Waals surface area contributed by atoms with E-state index in [0.29, 0.717) is 29.2 Å². The van der Waals surface area contributed by atoms with Crippen molar-refractivity contribution < 1.29 is 14.3 Å². The maximum Gasteiger partial charge on any atom is 0.283 e. The Kier molecular flexibility index (Phi) is 6.98. The van der Waals surface area contributed by atoms with Crippen LogP contribution < -0.4 is 9.47 Å². The Bertz CT molecular complexity index is 1330.